The van der Waals surface area contributed by atoms with Gasteiger partial charge in [0.15, 0.2) is 0 Å². The highest BCUT2D eigenvalue weighted by Gasteiger charge is 2.01. The molecular formula is C15H12BrN3O. The maximum absolute atomic E-state index is 11.7. The van der Waals surface area contributed by atoms with E-state index in [0.29, 0.717) is 5.56 Å². The first-order chi connectivity index (χ1) is 9.75. The summed E-state index contributed by atoms with van der Waals surface area (Å²) in [4.78, 5) is 15.5. The summed E-state index contributed by atoms with van der Waals surface area (Å²) in [7, 11) is 0. The van der Waals surface area contributed by atoms with E-state index < -0.39 is 0 Å². The number of pyridine rings is 1. The lowest BCUT2D eigenvalue weighted by Gasteiger charge is -1.98. The van der Waals surface area contributed by atoms with E-state index in [1.807, 2.05) is 36.4 Å². The summed E-state index contributed by atoms with van der Waals surface area (Å²) in [6.07, 6.45) is 6.56. The van der Waals surface area contributed by atoms with E-state index >= 15 is 0 Å². The molecule has 2 aromatic rings. The normalized spacial score (nSPS) is 11.6. The Morgan fingerprint density at radius 2 is 1.85 bits per heavy atom. The molecule has 0 atom stereocenters. The Labute approximate surface area is 125 Å². The maximum atomic E-state index is 11.7. The van der Waals surface area contributed by atoms with Gasteiger partial charge in [0, 0.05) is 22.4 Å². The van der Waals surface area contributed by atoms with Crippen molar-refractivity contribution in [1.82, 2.24) is 10.4 Å². The number of benzene rings is 1. The summed E-state index contributed by atoms with van der Waals surface area (Å²) < 4.78 is 0.763. The number of hydrazone groups is 1. The molecule has 1 heterocycles. The summed E-state index contributed by atoms with van der Waals surface area (Å²) in [5, 5.41) is 3.88. The van der Waals surface area contributed by atoms with Crippen LogP contribution >= 0.6 is 15.9 Å². The fourth-order valence-electron chi connectivity index (χ4n) is 1.47. The SMILES string of the molecule is O=C(N/N=C/C(Br)=C/c1ccccc1)c1ccncc1. The molecule has 1 aromatic carbocycles. The molecule has 0 fully saturated rings. The molecule has 0 saturated heterocycles. The molecule has 5 heteroatoms. The number of allylic oxidation sites excluding steroid dienone is 1. The molecule has 0 aliphatic rings. The summed E-state index contributed by atoms with van der Waals surface area (Å²) >= 11 is 3.37. The van der Waals surface area contributed by atoms with Crippen LogP contribution in [0, 0.1) is 0 Å². The monoisotopic (exact) mass is 329 g/mol. The average molecular weight is 330 g/mol. The van der Waals surface area contributed by atoms with Gasteiger partial charge in [0.25, 0.3) is 5.91 Å². The van der Waals surface area contributed by atoms with Gasteiger partial charge < -0.3 is 0 Å². The van der Waals surface area contributed by atoms with E-state index in [1.54, 1.807) is 24.5 Å². The Morgan fingerprint density at radius 1 is 1.15 bits per heavy atom. The zero-order chi connectivity index (χ0) is 14.2. The van der Waals surface area contributed by atoms with Crippen molar-refractivity contribution in [2.24, 2.45) is 5.10 Å². The molecular weight excluding hydrogens is 318 g/mol. The van der Waals surface area contributed by atoms with Crippen LogP contribution in [0.15, 0.2) is 64.4 Å². The molecule has 0 aliphatic carbocycles. The molecule has 1 aromatic heterocycles. The predicted molar refractivity (Wildman–Crippen MR) is 83.5 cm³/mol. The van der Waals surface area contributed by atoms with Gasteiger partial charge in [-0.25, -0.2) is 5.43 Å². The van der Waals surface area contributed by atoms with Crippen LogP contribution in [0.4, 0.5) is 0 Å². The second kappa shape index (κ2) is 7.35. The van der Waals surface area contributed by atoms with Crippen molar-refractivity contribution < 1.29 is 4.79 Å². The highest BCUT2D eigenvalue weighted by Crippen LogP contribution is 2.09. The standard InChI is InChI=1S/C15H12BrN3O/c16-14(10-12-4-2-1-3-5-12)11-18-19-15(20)13-6-8-17-9-7-13/h1-11H,(H,19,20)/b14-10-,18-11+. The molecule has 0 radical (unpaired) electrons. The van der Waals surface area contributed by atoms with Gasteiger partial charge in [-0.15, -0.1) is 0 Å². The van der Waals surface area contributed by atoms with Gasteiger partial charge in [-0.1, -0.05) is 30.3 Å². The van der Waals surface area contributed by atoms with Crippen LogP contribution in [-0.4, -0.2) is 17.1 Å². The Kier molecular flexibility index (Phi) is 5.20. The molecule has 1 amide bonds. The minimum absolute atomic E-state index is 0.274. The number of carbonyl (C=O) groups is 1. The number of aromatic nitrogens is 1. The third-order valence-corrected chi connectivity index (χ3v) is 2.83. The van der Waals surface area contributed by atoms with Gasteiger partial charge in [-0.2, -0.15) is 5.10 Å². The number of nitrogens with one attached hydrogen (secondary N) is 1. The van der Waals surface area contributed by atoms with Crippen LogP contribution in [-0.2, 0) is 0 Å². The molecule has 0 saturated carbocycles. The third kappa shape index (κ3) is 4.44. The first-order valence-corrected chi connectivity index (χ1v) is 6.71. The van der Waals surface area contributed by atoms with E-state index in [1.165, 1.54) is 6.21 Å². The van der Waals surface area contributed by atoms with Crippen molar-refractivity contribution >= 4 is 34.1 Å². The van der Waals surface area contributed by atoms with Crippen LogP contribution in [0.3, 0.4) is 0 Å². The maximum Gasteiger partial charge on any atom is 0.271 e. The number of halogens is 1. The first kappa shape index (κ1) is 14.1. The number of carbonyl (C=O) groups excluding carboxylic acids is 1. The van der Waals surface area contributed by atoms with Crippen LogP contribution in [0.1, 0.15) is 15.9 Å². The molecule has 20 heavy (non-hydrogen) atoms. The second-order valence-electron chi connectivity index (χ2n) is 3.87. The summed E-state index contributed by atoms with van der Waals surface area (Å²) in [6.45, 7) is 0. The summed E-state index contributed by atoms with van der Waals surface area (Å²) in [5.74, 6) is -0.274. The summed E-state index contributed by atoms with van der Waals surface area (Å²) in [5.41, 5.74) is 4.01. The molecule has 0 aliphatic heterocycles. The zero-order valence-electron chi connectivity index (χ0n) is 10.5. The minimum atomic E-state index is -0.274. The molecule has 0 spiro atoms. The van der Waals surface area contributed by atoms with E-state index in [4.69, 9.17) is 0 Å². The lowest BCUT2D eigenvalue weighted by molar-refractivity contribution is 0.0955. The molecule has 0 bridgehead atoms. The molecule has 1 N–H and O–H groups in total. The molecule has 4 nitrogen and oxygen atoms in total. The van der Waals surface area contributed by atoms with Gasteiger partial charge in [0.05, 0.1) is 6.21 Å². The Hall–Kier alpha value is -2.27. The van der Waals surface area contributed by atoms with E-state index in [9.17, 15) is 4.79 Å². The van der Waals surface area contributed by atoms with E-state index in [0.717, 1.165) is 10.0 Å². The number of nitrogens with zero attached hydrogens (tertiary/aromatic N) is 2. The number of rotatable bonds is 4. The third-order valence-electron chi connectivity index (χ3n) is 2.40. The van der Waals surface area contributed by atoms with E-state index in [-0.39, 0.29) is 5.91 Å². The molecule has 100 valence electrons. The van der Waals surface area contributed by atoms with Crippen LogP contribution in [0.25, 0.3) is 6.08 Å². The van der Waals surface area contributed by atoms with Crippen LogP contribution in [0.2, 0.25) is 0 Å². The zero-order valence-corrected chi connectivity index (χ0v) is 12.1. The average Bonchev–Trinajstić information content (AvgIpc) is 2.49. The van der Waals surface area contributed by atoms with Crippen molar-refractivity contribution in [3.63, 3.8) is 0 Å². The quantitative estimate of drug-likeness (QED) is 0.691. The molecule has 0 unspecified atom stereocenters. The Morgan fingerprint density at radius 3 is 2.55 bits per heavy atom. The van der Waals surface area contributed by atoms with Gasteiger partial charge >= 0.3 is 0 Å². The largest absolute Gasteiger partial charge is 0.271 e. The Bertz CT molecular complexity index is 624. The van der Waals surface area contributed by atoms with Crippen molar-refractivity contribution in [2.75, 3.05) is 0 Å². The smallest absolute Gasteiger partial charge is 0.267 e. The van der Waals surface area contributed by atoms with Gasteiger partial charge in [-0.05, 0) is 39.7 Å². The first-order valence-electron chi connectivity index (χ1n) is 5.91. The summed E-state index contributed by atoms with van der Waals surface area (Å²) in [6, 6.07) is 13.1. The van der Waals surface area contributed by atoms with Crippen molar-refractivity contribution in [3.8, 4) is 0 Å². The van der Waals surface area contributed by atoms with Crippen molar-refractivity contribution in [1.29, 1.82) is 0 Å². The van der Waals surface area contributed by atoms with Crippen molar-refractivity contribution in [3.05, 3.63) is 70.5 Å². The number of hydrogen-bond acceptors (Lipinski definition) is 3. The number of amides is 1. The fourth-order valence-corrected chi connectivity index (χ4v) is 1.83. The van der Waals surface area contributed by atoms with Crippen molar-refractivity contribution in [2.45, 2.75) is 0 Å². The van der Waals surface area contributed by atoms with Gasteiger partial charge in [0.1, 0.15) is 0 Å². The Balaban J connectivity index is 1.94. The van der Waals surface area contributed by atoms with E-state index in [2.05, 4.69) is 31.4 Å². The fraction of sp³-hybridized carbons (Fsp3) is 0. The lowest BCUT2D eigenvalue weighted by Crippen LogP contribution is -2.17. The highest BCUT2D eigenvalue weighted by atomic mass is 79.9. The molecule has 2 rings (SSSR count). The topological polar surface area (TPSA) is 54.4 Å². The second-order valence-corrected chi connectivity index (χ2v) is 4.79. The predicted octanol–water partition coefficient (Wildman–Crippen LogP) is 3.23. The van der Waals surface area contributed by atoms with Crippen LogP contribution in [0.5, 0.6) is 0 Å². The van der Waals surface area contributed by atoms with Gasteiger partial charge in [0.2, 0.25) is 0 Å². The highest BCUT2D eigenvalue weighted by molar-refractivity contribution is 9.12. The van der Waals surface area contributed by atoms with Crippen LogP contribution < -0.4 is 5.43 Å². The van der Waals surface area contributed by atoms with Gasteiger partial charge in [-0.3, -0.25) is 9.78 Å². The lowest BCUT2D eigenvalue weighted by atomic mass is 10.2. The minimum Gasteiger partial charge on any atom is -0.267 e. The number of hydrogen-bond donors (Lipinski definition) is 1.